The minimum atomic E-state index is -0.807. The van der Waals surface area contributed by atoms with Crippen molar-refractivity contribution in [3.63, 3.8) is 0 Å². The Kier molecular flexibility index (Phi) is 4.20. The van der Waals surface area contributed by atoms with Gasteiger partial charge < -0.3 is 10.2 Å². The number of aliphatic hydroxyl groups is 2. The first-order chi connectivity index (χ1) is 12.2. The lowest BCUT2D eigenvalue weighted by atomic mass is 10.0. The maximum atomic E-state index is 12.7. The van der Waals surface area contributed by atoms with Crippen molar-refractivity contribution in [3.05, 3.63) is 70.7 Å². The molecule has 0 aliphatic heterocycles. The van der Waals surface area contributed by atoms with Crippen molar-refractivity contribution in [2.45, 2.75) is 27.7 Å². The summed E-state index contributed by atoms with van der Waals surface area (Å²) in [6, 6.07) is 3.80. The number of aromatic nitrogens is 2. The van der Waals surface area contributed by atoms with Gasteiger partial charge in [0.05, 0.1) is 0 Å². The number of carbonyl (C=O) groups excluding carboxylic acids is 2. The number of rotatable bonds is 2. The van der Waals surface area contributed by atoms with E-state index in [2.05, 4.69) is 0 Å². The second kappa shape index (κ2) is 6.22. The number of Topliss-reactive ketones (excluding diaryl/α,β-unsaturated/α-hetero) is 2. The molecule has 0 saturated heterocycles. The van der Waals surface area contributed by atoms with Gasteiger partial charge in [-0.2, -0.15) is 9.13 Å². The van der Waals surface area contributed by atoms with Gasteiger partial charge >= 0.3 is 23.0 Å². The van der Waals surface area contributed by atoms with Crippen molar-refractivity contribution in [2.75, 3.05) is 0 Å². The first kappa shape index (κ1) is 17.5. The highest BCUT2D eigenvalue weighted by Crippen LogP contribution is 2.22. The minimum absolute atomic E-state index is 0.256. The van der Waals surface area contributed by atoms with Crippen LogP contribution >= 0.6 is 0 Å². The average Bonchev–Trinajstić information content (AvgIpc) is 2.51. The molecule has 6 nitrogen and oxygen atoms in total. The first-order valence-electron chi connectivity index (χ1n) is 8.14. The lowest BCUT2D eigenvalue weighted by Gasteiger charge is -2.11. The molecule has 0 fully saturated rings. The van der Waals surface area contributed by atoms with Gasteiger partial charge in [0.2, 0.25) is 11.5 Å². The molecule has 6 heteroatoms. The Morgan fingerprint density at radius 2 is 0.885 bits per heavy atom. The summed E-state index contributed by atoms with van der Waals surface area (Å²) in [5, 5.41) is 20.9. The summed E-state index contributed by atoms with van der Waals surface area (Å²) in [6.45, 7) is 7.34. The second-order valence-electron chi connectivity index (χ2n) is 6.65. The summed E-state index contributed by atoms with van der Waals surface area (Å²) in [5.41, 5.74) is 2.89. The third kappa shape index (κ3) is 2.90. The molecule has 0 atom stereocenters. The monoisotopic (exact) mass is 352 g/mol. The molecule has 132 valence electrons. The molecule has 0 aromatic carbocycles. The lowest BCUT2D eigenvalue weighted by Crippen LogP contribution is -2.47. The predicted molar refractivity (Wildman–Crippen MR) is 93.9 cm³/mol. The predicted octanol–water partition coefficient (Wildman–Crippen LogP) is 1.80. The van der Waals surface area contributed by atoms with Gasteiger partial charge in [0.1, 0.15) is 0 Å². The Balaban J connectivity index is 2.19. The number of hydrogen-bond acceptors (Lipinski definition) is 4. The van der Waals surface area contributed by atoms with Crippen molar-refractivity contribution in [3.8, 4) is 0 Å². The highest BCUT2D eigenvalue weighted by atomic mass is 16.3. The summed E-state index contributed by atoms with van der Waals surface area (Å²) in [5.74, 6) is -2.99. The molecule has 0 amide bonds. The van der Waals surface area contributed by atoms with E-state index < -0.39 is 23.1 Å². The van der Waals surface area contributed by atoms with Crippen molar-refractivity contribution < 1.29 is 28.9 Å². The van der Waals surface area contributed by atoms with Crippen LogP contribution in [0.15, 0.2) is 48.4 Å². The average molecular weight is 352 g/mol. The molecule has 3 rings (SSSR count). The zero-order chi connectivity index (χ0) is 19.2. The van der Waals surface area contributed by atoms with Crippen LogP contribution in [0.3, 0.4) is 0 Å². The Hall–Kier alpha value is -3.28. The molecule has 0 saturated carbocycles. The van der Waals surface area contributed by atoms with E-state index in [0.717, 1.165) is 22.3 Å². The van der Waals surface area contributed by atoms with Gasteiger partial charge in [-0.25, -0.2) is 0 Å². The van der Waals surface area contributed by atoms with E-state index in [4.69, 9.17) is 0 Å². The van der Waals surface area contributed by atoms with E-state index in [1.54, 1.807) is 24.8 Å². The molecule has 2 aromatic rings. The molecular formula is C20H20N2O4+2. The third-order valence-electron chi connectivity index (χ3n) is 4.11. The fraction of sp³-hybridized carbons (Fsp3) is 0.200. The molecule has 2 aromatic heterocycles. The van der Waals surface area contributed by atoms with E-state index in [9.17, 15) is 19.8 Å². The summed E-state index contributed by atoms with van der Waals surface area (Å²) < 4.78 is 2.75. The van der Waals surface area contributed by atoms with E-state index in [1.807, 2.05) is 39.8 Å². The van der Waals surface area contributed by atoms with Gasteiger partial charge in [0.15, 0.2) is 24.8 Å². The Morgan fingerprint density at radius 1 is 0.615 bits per heavy atom. The molecule has 2 heterocycles. The van der Waals surface area contributed by atoms with Crippen LogP contribution in [-0.2, 0) is 9.59 Å². The summed E-state index contributed by atoms with van der Waals surface area (Å²) in [6.07, 6.45) is 6.47. The molecule has 1 aliphatic carbocycles. The first-order valence-corrected chi connectivity index (χ1v) is 8.14. The van der Waals surface area contributed by atoms with Gasteiger partial charge in [-0.05, 0) is 39.8 Å². The normalized spacial score (nSPS) is 15.1. The molecule has 0 spiro atoms. The molecule has 1 aliphatic rings. The maximum Gasteiger partial charge on any atom is 0.309 e. The summed E-state index contributed by atoms with van der Waals surface area (Å²) in [4.78, 5) is 25.5. The number of nitrogens with zero attached hydrogens (tertiary/aromatic N) is 2. The van der Waals surface area contributed by atoms with Crippen molar-refractivity contribution in [1.29, 1.82) is 0 Å². The van der Waals surface area contributed by atoms with Gasteiger partial charge in [-0.1, -0.05) is 0 Å². The largest absolute Gasteiger partial charge is 0.499 e. The molecule has 0 unspecified atom stereocenters. The van der Waals surface area contributed by atoms with Crippen LogP contribution in [0.5, 0.6) is 0 Å². The van der Waals surface area contributed by atoms with Crippen LogP contribution in [0.1, 0.15) is 22.3 Å². The Labute approximate surface area is 151 Å². The molecule has 26 heavy (non-hydrogen) atoms. The van der Waals surface area contributed by atoms with Crippen molar-refractivity contribution in [1.82, 2.24) is 0 Å². The molecule has 0 radical (unpaired) electrons. The Bertz CT molecular complexity index is 908. The Morgan fingerprint density at radius 3 is 1.15 bits per heavy atom. The van der Waals surface area contributed by atoms with E-state index >= 15 is 0 Å². The van der Waals surface area contributed by atoms with Gasteiger partial charge in [-0.3, -0.25) is 9.59 Å². The van der Waals surface area contributed by atoms with E-state index in [0.29, 0.717) is 0 Å². The van der Waals surface area contributed by atoms with Gasteiger partial charge in [-0.15, -0.1) is 0 Å². The number of hydrogen-bond donors (Lipinski definition) is 2. The zero-order valence-corrected chi connectivity index (χ0v) is 15.1. The minimum Gasteiger partial charge on any atom is -0.499 e. The van der Waals surface area contributed by atoms with E-state index in [1.165, 1.54) is 9.13 Å². The van der Waals surface area contributed by atoms with E-state index in [-0.39, 0.29) is 11.4 Å². The molecular weight excluding hydrogens is 332 g/mol. The van der Waals surface area contributed by atoms with Crippen LogP contribution in [0, 0.1) is 27.7 Å². The van der Waals surface area contributed by atoms with Crippen molar-refractivity contribution >= 4 is 23.0 Å². The van der Waals surface area contributed by atoms with Gasteiger partial charge in [0.25, 0.3) is 0 Å². The number of ketones is 2. The SMILES string of the molecule is Cc1cc(C)c[n+](C2=C(O)C(=O)C([n+]3cc(C)cc(C)c3)=C(O)C2=O)c1. The fourth-order valence-corrected chi connectivity index (χ4v) is 3.21. The smallest absolute Gasteiger partial charge is 0.309 e. The number of aliphatic hydroxyl groups excluding tert-OH is 2. The van der Waals surface area contributed by atoms with Crippen LogP contribution < -0.4 is 9.13 Å². The molecule has 2 N–H and O–H groups in total. The lowest BCUT2D eigenvalue weighted by molar-refractivity contribution is -0.583. The second-order valence-corrected chi connectivity index (χ2v) is 6.65. The van der Waals surface area contributed by atoms with Crippen LogP contribution in [-0.4, -0.2) is 21.8 Å². The van der Waals surface area contributed by atoms with Crippen LogP contribution in [0.2, 0.25) is 0 Å². The third-order valence-corrected chi connectivity index (χ3v) is 4.11. The maximum absolute atomic E-state index is 12.7. The van der Waals surface area contributed by atoms with Crippen molar-refractivity contribution in [2.24, 2.45) is 0 Å². The molecule has 0 bridgehead atoms. The summed E-state index contributed by atoms with van der Waals surface area (Å²) in [7, 11) is 0. The number of allylic oxidation sites excluding steroid dienone is 2. The number of aryl methyl sites for hydroxylation is 4. The van der Waals surface area contributed by atoms with Crippen LogP contribution in [0.25, 0.3) is 11.4 Å². The standard InChI is InChI=1S/C20H18N2O4/c1-11-5-12(2)8-21(7-11)15-17(23)19(25)16(20(26)18(15)24)22-9-13(3)6-14(4)10-22/h5-10H,1-4H3/p+2. The van der Waals surface area contributed by atoms with Gasteiger partial charge in [0, 0.05) is 22.3 Å². The topological polar surface area (TPSA) is 82.4 Å². The number of pyridine rings is 2. The summed E-state index contributed by atoms with van der Waals surface area (Å²) >= 11 is 0. The van der Waals surface area contributed by atoms with Crippen LogP contribution in [0.4, 0.5) is 0 Å². The highest BCUT2D eigenvalue weighted by molar-refractivity contribution is 6.39. The number of carbonyl (C=O) groups is 2. The highest BCUT2D eigenvalue weighted by Gasteiger charge is 2.46. The zero-order valence-electron chi connectivity index (χ0n) is 15.1. The fourth-order valence-electron chi connectivity index (χ4n) is 3.21. The quantitative estimate of drug-likeness (QED) is 0.638.